The highest BCUT2D eigenvalue weighted by Crippen LogP contribution is 2.24. The SMILES string of the molecule is C#CCN(CC)c1ccc(Br)cc1C(C)=O. The summed E-state index contributed by atoms with van der Waals surface area (Å²) in [5, 5.41) is 0. The average Bonchev–Trinajstić information content (AvgIpc) is 2.26. The van der Waals surface area contributed by atoms with Crippen molar-refractivity contribution in [3.05, 3.63) is 28.2 Å². The molecule has 0 N–H and O–H groups in total. The standard InChI is InChI=1S/C13H14BrNO/c1-4-8-15(5-2)13-7-6-11(14)9-12(13)10(3)16/h1,6-7,9H,5,8H2,2-3H3. The average molecular weight is 280 g/mol. The third kappa shape index (κ3) is 2.86. The topological polar surface area (TPSA) is 20.3 Å². The first-order valence-electron chi connectivity index (χ1n) is 5.09. The zero-order valence-electron chi connectivity index (χ0n) is 9.46. The van der Waals surface area contributed by atoms with Gasteiger partial charge in [0.2, 0.25) is 0 Å². The fraction of sp³-hybridized carbons (Fsp3) is 0.308. The summed E-state index contributed by atoms with van der Waals surface area (Å²) in [6.07, 6.45) is 5.31. The molecule has 0 aliphatic carbocycles. The molecule has 0 saturated carbocycles. The molecule has 2 nitrogen and oxygen atoms in total. The molecule has 0 aliphatic heterocycles. The van der Waals surface area contributed by atoms with Crippen LogP contribution in [0.1, 0.15) is 24.2 Å². The van der Waals surface area contributed by atoms with Gasteiger partial charge < -0.3 is 4.90 Å². The molecule has 0 saturated heterocycles. The summed E-state index contributed by atoms with van der Waals surface area (Å²) < 4.78 is 0.901. The predicted octanol–water partition coefficient (Wildman–Crippen LogP) is 3.11. The van der Waals surface area contributed by atoms with Gasteiger partial charge >= 0.3 is 0 Å². The highest BCUT2D eigenvalue weighted by molar-refractivity contribution is 9.10. The number of rotatable bonds is 4. The van der Waals surface area contributed by atoms with E-state index in [1.165, 1.54) is 0 Å². The summed E-state index contributed by atoms with van der Waals surface area (Å²) in [5.74, 6) is 2.65. The third-order valence-electron chi connectivity index (χ3n) is 2.34. The van der Waals surface area contributed by atoms with Crippen molar-refractivity contribution < 1.29 is 4.79 Å². The number of terminal acetylenes is 1. The Morgan fingerprint density at radius 3 is 2.75 bits per heavy atom. The van der Waals surface area contributed by atoms with E-state index in [1.807, 2.05) is 30.0 Å². The molecule has 1 aromatic carbocycles. The molecule has 1 aromatic rings. The summed E-state index contributed by atoms with van der Waals surface area (Å²) >= 11 is 3.36. The molecule has 0 amide bonds. The van der Waals surface area contributed by atoms with Crippen molar-refractivity contribution in [1.29, 1.82) is 0 Å². The molecule has 0 bridgehead atoms. The Bertz CT molecular complexity index is 434. The van der Waals surface area contributed by atoms with Crippen LogP contribution in [0.4, 0.5) is 5.69 Å². The lowest BCUT2D eigenvalue weighted by Gasteiger charge is -2.22. The molecule has 0 radical (unpaired) electrons. The summed E-state index contributed by atoms with van der Waals surface area (Å²) in [5.41, 5.74) is 1.60. The second kappa shape index (κ2) is 5.72. The highest BCUT2D eigenvalue weighted by Gasteiger charge is 2.12. The van der Waals surface area contributed by atoms with Crippen LogP contribution >= 0.6 is 15.9 Å². The predicted molar refractivity (Wildman–Crippen MR) is 70.9 cm³/mol. The van der Waals surface area contributed by atoms with E-state index in [0.717, 1.165) is 16.7 Å². The number of halogens is 1. The molecule has 16 heavy (non-hydrogen) atoms. The second-order valence-electron chi connectivity index (χ2n) is 3.44. The Morgan fingerprint density at radius 2 is 2.25 bits per heavy atom. The number of anilines is 1. The van der Waals surface area contributed by atoms with Crippen LogP contribution in [0.5, 0.6) is 0 Å². The van der Waals surface area contributed by atoms with Gasteiger partial charge in [0.05, 0.1) is 6.54 Å². The molecule has 0 unspecified atom stereocenters. The Kier molecular flexibility index (Phi) is 4.57. The van der Waals surface area contributed by atoms with Gasteiger partial charge in [-0.1, -0.05) is 21.9 Å². The van der Waals surface area contributed by atoms with E-state index in [2.05, 4.69) is 21.9 Å². The van der Waals surface area contributed by atoms with E-state index in [1.54, 1.807) is 6.92 Å². The van der Waals surface area contributed by atoms with E-state index < -0.39 is 0 Å². The van der Waals surface area contributed by atoms with E-state index in [4.69, 9.17) is 6.42 Å². The van der Waals surface area contributed by atoms with Gasteiger partial charge in [-0.2, -0.15) is 0 Å². The molecule has 0 atom stereocenters. The van der Waals surface area contributed by atoms with E-state index >= 15 is 0 Å². The highest BCUT2D eigenvalue weighted by atomic mass is 79.9. The smallest absolute Gasteiger partial charge is 0.161 e. The van der Waals surface area contributed by atoms with Crippen LogP contribution in [0.25, 0.3) is 0 Å². The molecule has 0 aromatic heterocycles. The number of hydrogen-bond donors (Lipinski definition) is 0. The minimum absolute atomic E-state index is 0.0479. The number of ketones is 1. The van der Waals surface area contributed by atoms with E-state index in [-0.39, 0.29) is 5.78 Å². The maximum atomic E-state index is 11.5. The molecular weight excluding hydrogens is 266 g/mol. The molecular formula is C13H14BrNO. The van der Waals surface area contributed by atoms with Crippen molar-refractivity contribution in [1.82, 2.24) is 0 Å². The largest absolute Gasteiger partial charge is 0.360 e. The van der Waals surface area contributed by atoms with Gasteiger partial charge in [-0.25, -0.2) is 0 Å². The fourth-order valence-corrected chi connectivity index (χ4v) is 1.90. The number of carbonyl (C=O) groups excluding carboxylic acids is 1. The van der Waals surface area contributed by atoms with Crippen LogP contribution in [-0.4, -0.2) is 18.9 Å². The van der Waals surface area contributed by atoms with Gasteiger partial charge in [0, 0.05) is 22.3 Å². The van der Waals surface area contributed by atoms with Crippen molar-refractivity contribution in [2.45, 2.75) is 13.8 Å². The minimum Gasteiger partial charge on any atom is -0.360 e. The Balaban J connectivity index is 3.21. The molecule has 0 spiro atoms. The monoisotopic (exact) mass is 279 g/mol. The minimum atomic E-state index is 0.0479. The normalized spacial score (nSPS) is 9.62. The number of hydrogen-bond acceptors (Lipinski definition) is 2. The lowest BCUT2D eigenvalue weighted by atomic mass is 10.1. The summed E-state index contributed by atoms with van der Waals surface area (Å²) in [4.78, 5) is 13.5. The number of Topliss-reactive ketones (excluding diaryl/α,β-unsaturated/α-hetero) is 1. The maximum Gasteiger partial charge on any atom is 0.161 e. The van der Waals surface area contributed by atoms with Crippen LogP contribution in [0.3, 0.4) is 0 Å². The van der Waals surface area contributed by atoms with E-state index in [9.17, 15) is 4.79 Å². The van der Waals surface area contributed by atoms with Crippen molar-refractivity contribution in [2.24, 2.45) is 0 Å². The van der Waals surface area contributed by atoms with Gasteiger partial charge in [0.15, 0.2) is 5.78 Å². The van der Waals surface area contributed by atoms with Gasteiger partial charge in [0.25, 0.3) is 0 Å². The van der Waals surface area contributed by atoms with Crippen molar-refractivity contribution in [3.63, 3.8) is 0 Å². The first-order valence-corrected chi connectivity index (χ1v) is 5.88. The summed E-state index contributed by atoms with van der Waals surface area (Å²) in [6, 6.07) is 5.67. The number of benzene rings is 1. The fourth-order valence-electron chi connectivity index (χ4n) is 1.54. The molecule has 0 heterocycles. The first kappa shape index (κ1) is 12.8. The zero-order chi connectivity index (χ0) is 12.1. The number of carbonyl (C=O) groups is 1. The van der Waals surface area contributed by atoms with Crippen LogP contribution < -0.4 is 4.90 Å². The van der Waals surface area contributed by atoms with Gasteiger partial charge in [-0.3, -0.25) is 4.79 Å². The van der Waals surface area contributed by atoms with Crippen LogP contribution in [-0.2, 0) is 0 Å². The van der Waals surface area contributed by atoms with Crippen molar-refractivity contribution >= 4 is 27.4 Å². The van der Waals surface area contributed by atoms with Crippen molar-refractivity contribution in [2.75, 3.05) is 18.0 Å². The third-order valence-corrected chi connectivity index (χ3v) is 2.84. The maximum absolute atomic E-state index is 11.5. The zero-order valence-corrected chi connectivity index (χ0v) is 11.0. The lowest BCUT2D eigenvalue weighted by Crippen LogP contribution is -2.24. The molecule has 1 rings (SSSR count). The lowest BCUT2D eigenvalue weighted by molar-refractivity contribution is 0.101. The van der Waals surface area contributed by atoms with Gasteiger partial charge in [-0.15, -0.1) is 6.42 Å². The van der Waals surface area contributed by atoms with Gasteiger partial charge in [0.1, 0.15) is 0 Å². The van der Waals surface area contributed by atoms with Gasteiger partial charge in [-0.05, 0) is 32.0 Å². The quantitative estimate of drug-likeness (QED) is 0.624. The Morgan fingerprint density at radius 1 is 1.56 bits per heavy atom. The van der Waals surface area contributed by atoms with Crippen LogP contribution in [0.2, 0.25) is 0 Å². The molecule has 0 fully saturated rings. The molecule has 3 heteroatoms. The number of nitrogens with zero attached hydrogens (tertiary/aromatic N) is 1. The first-order chi connectivity index (χ1) is 7.60. The Hall–Kier alpha value is -1.27. The molecule has 84 valence electrons. The van der Waals surface area contributed by atoms with E-state index in [0.29, 0.717) is 12.1 Å². The van der Waals surface area contributed by atoms with Crippen LogP contribution in [0.15, 0.2) is 22.7 Å². The van der Waals surface area contributed by atoms with Crippen LogP contribution in [0, 0.1) is 12.3 Å². The Labute approximate surface area is 105 Å². The second-order valence-corrected chi connectivity index (χ2v) is 4.35. The van der Waals surface area contributed by atoms with Crippen molar-refractivity contribution in [3.8, 4) is 12.3 Å². The summed E-state index contributed by atoms with van der Waals surface area (Å²) in [6.45, 7) is 4.88. The summed E-state index contributed by atoms with van der Waals surface area (Å²) in [7, 11) is 0. The molecule has 0 aliphatic rings.